The molecule has 6 nitrogen and oxygen atoms in total. The molecular weight excluding hydrogens is 304 g/mol. The Labute approximate surface area is 137 Å². The Morgan fingerprint density at radius 2 is 1.96 bits per heavy atom. The average Bonchev–Trinajstić information content (AvgIpc) is 3.07. The third kappa shape index (κ3) is 2.72. The van der Waals surface area contributed by atoms with Crippen LogP contribution in [-0.2, 0) is 0 Å². The number of oxazole rings is 1. The number of hydrogen-bond donors (Lipinski definition) is 1. The molecule has 0 fully saturated rings. The molecule has 0 aliphatic carbocycles. The standard InChI is InChI=1S/C18H12N4O2/c23-17(13-5-2-8-19-11-13)21-14-6-1-4-12(10-14)18-22-16-15(24-18)7-3-9-20-16/h1-11H,(H,21,23). The van der Waals surface area contributed by atoms with Gasteiger partial charge in [-0.1, -0.05) is 6.07 Å². The fourth-order valence-electron chi connectivity index (χ4n) is 2.32. The van der Waals surface area contributed by atoms with Gasteiger partial charge in [-0.15, -0.1) is 0 Å². The molecule has 3 heterocycles. The number of nitrogens with zero attached hydrogens (tertiary/aromatic N) is 3. The number of rotatable bonds is 3. The molecule has 1 N–H and O–H groups in total. The highest BCUT2D eigenvalue weighted by Gasteiger charge is 2.11. The topological polar surface area (TPSA) is 80.9 Å². The van der Waals surface area contributed by atoms with E-state index in [-0.39, 0.29) is 5.91 Å². The maximum Gasteiger partial charge on any atom is 0.257 e. The molecule has 0 unspecified atom stereocenters. The van der Waals surface area contributed by atoms with Crippen LogP contribution in [0.3, 0.4) is 0 Å². The zero-order valence-electron chi connectivity index (χ0n) is 12.5. The van der Waals surface area contributed by atoms with Crippen LogP contribution >= 0.6 is 0 Å². The summed E-state index contributed by atoms with van der Waals surface area (Å²) in [5.41, 5.74) is 3.08. The first-order valence-electron chi connectivity index (χ1n) is 7.33. The van der Waals surface area contributed by atoms with E-state index in [1.54, 1.807) is 42.7 Å². The molecule has 0 saturated heterocycles. The van der Waals surface area contributed by atoms with Crippen LogP contribution in [0, 0.1) is 0 Å². The first-order valence-corrected chi connectivity index (χ1v) is 7.33. The lowest BCUT2D eigenvalue weighted by Gasteiger charge is -2.05. The number of amides is 1. The summed E-state index contributed by atoms with van der Waals surface area (Å²) in [6.45, 7) is 0. The molecule has 1 aromatic carbocycles. The van der Waals surface area contributed by atoms with Crippen LogP contribution in [0.4, 0.5) is 5.69 Å². The summed E-state index contributed by atoms with van der Waals surface area (Å²) in [7, 11) is 0. The Kier molecular flexibility index (Phi) is 3.47. The Hall–Kier alpha value is -3.54. The number of fused-ring (bicyclic) bond motifs is 1. The van der Waals surface area contributed by atoms with Crippen LogP contribution in [0.5, 0.6) is 0 Å². The average molecular weight is 316 g/mol. The quantitative estimate of drug-likeness (QED) is 0.625. The summed E-state index contributed by atoms with van der Waals surface area (Å²) in [5.74, 6) is 0.237. The van der Waals surface area contributed by atoms with E-state index in [0.29, 0.717) is 28.4 Å². The first kappa shape index (κ1) is 14.1. The lowest BCUT2D eigenvalue weighted by molar-refractivity contribution is 0.102. The van der Waals surface area contributed by atoms with Gasteiger partial charge in [0.15, 0.2) is 11.2 Å². The lowest BCUT2D eigenvalue weighted by atomic mass is 10.2. The van der Waals surface area contributed by atoms with Crippen molar-refractivity contribution in [2.24, 2.45) is 0 Å². The van der Waals surface area contributed by atoms with Gasteiger partial charge in [-0.2, -0.15) is 4.98 Å². The third-order valence-corrected chi connectivity index (χ3v) is 3.46. The largest absolute Gasteiger partial charge is 0.434 e. The van der Waals surface area contributed by atoms with Crippen molar-refractivity contribution in [2.45, 2.75) is 0 Å². The monoisotopic (exact) mass is 316 g/mol. The summed E-state index contributed by atoms with van der Waals surface area (Å²) in [6, 6.07) is 14.3. The van der Waals surface area contributed by atoms with Gasteiger partial charge in [0.05, 0.1) is 5.56 Å². The zero-order valence-corrected chi connectivity index (χ0v) is 12.5. The summed E-state index contributed by atoms with van der Waals surface area (Å²) >= 11 is 0. The predicted molar refractivity (Wildman–Crippen MR) is 89.4 cm³/mol. The molecule has 0 saturated carbocycles. The van der Waals surface area contributed by atoms with Gasteiger partial charge in [0.2, 0.25) is 5.89 Å². The first-order chi connectivity index (χ1) is 11.8. The highest BCUT2D eigenvalue weighted by atomic mass is 16.3. The van der Waals surface area contributed by atoms with E-state index in [1.807, 2.05) is 18.2 Å². The number of carbonyl (C=O) groups excluding carboxylic acids is 1. The van der Waals surface area contributed by atoms with Crippen LogP contribution in [0.2, 0.25) is 0 Å². The van der Waals surface area contributed by atoms with Crippen molar-refractivity contribution >= 4 is 22.8 Å². The molecule has 0 spiro atoms. The number of anilines is 1. The molecule has 0 aliphatic rings. The fourth-order valence-corrected chi connectivity index (χ4v) is 2.32. The molecule has 4 rings (SSSR count). The maximum absolute atomic E-state index is 12.2. The third-order valence-electron chi connectivity index (χ3n) is 3.46. The van der Waals surface area contributed by atoms with Crippen molar-refractivity contribution in [2.75, 3.05) is 5.32 Å². The molecular formula is C18H12N4O2. The molecule has 1 amide bonds. The van der Waals surface area contributed by atoms with Crippen molar-refractivity contribution in [3.63, 3.8) is 0 Å². The second-order valence-corrected chi connectivity index (χ2v) is 5.12. The van der Waals surface area contributed by atoms with Gasteiger partial charge in [0, 0.05) is 29.8 Å². The van der Waals surface area contributed by atoms with E-state index in [0.717, 1.165) is 5.56 Å². The Bertz CT molecular complexity index is 979. The molecule has 0 atom stereocenters. The van der Waals surface area contributed by atoms with Crippen molar-refractivity contribution in [3.8, 4) is 11.5 Å². The fraction of sp³-hybridized carbons (Fsp3) is 0. The van der Waals surface area contributed by atoms with Gasteiger partial charge >= 0.3 is 0 Å². The van der Waals surface area contributed by atoms with Crippen LogP contribution in [0.1, 0.15) is 10.4 Å². The van der Waals surface area contributed by atoms with Crippen LogP contribution in [0.15, 0.2) is 71.5 Å². The van der Waals surface area contributed by atoms with E-state index in [9.17, 15) is 4.79 Å². The molecule has 0 aliphatic heterocycles. The molecule has 24 heavy (non-hydrogen) atoms. The number of carbonyl (C=O) groups is 1. The minimum atomic E-state index is -0.223. The second-order valence-electron chi connectivity index (χ2n) is 5.12. The number of hydrogen-bond acceptors (Lipinski definition) is 5. The number of pyridine rings is 2. The smallest absolute Gasteiger partial charge is 0.257 e. The van der Waals surface area contributed by atoms with Crippen molar-refractivity contribution in [1.29, 1.82) is 0 Å². The molecule has 6 heteroatoms. The van der Waals surface area contributed by atoms with Crippen molar-refractivity contribution in [3.05, 3.63) is 72.7 Å². The highest BCUT2D eigenvalue weighted by molar-refractivity contribution is 6.04. The molecule has 3 aromatic heterocycles. The Morgan fingerprint density at radius 3 is 2.79 bits per heavy atom. The molecule has 0 radical (unpaired) electrons. The van der Waals surface area contributed by atoms with Gasteiger partial charge < -0.3 is 9.73 Å². The molecule has 4 aromatic rings. The minimum Gasteiger partial charge on any atom is -0.434 e. The lowest BCUT2D eigenvalue weighted by Crippen LogP contribution is -2.11. The van der Waals surface area contributed by atoms with Gasteiger partial charge in [0.25, 0.3) is 5.91 Å². The maximum atomic E-state index is 12.2. The normalized spacial score (nSPS) is 10.7. The zero-order chi connectivity index (χ0) is 16.4. The van der Waals surface area contributed by atoms with Gasteiger partial charge in [-0.05, 0) is 42.5 Å². The molecule has 116 valence electrons. The van der Waals surface area contributed by atoms with Crippen LogP contribution < -0.4 is 5.32 Å². The number of aromatic nitrogens is 3. The second kappa shape index (κ2) is 5.92. The summed E-state index contributed by atoms with van der Waals surface area (Å²) in [6.07, 6.45) is 4.81. The minimum absolute atomic E-state index is 0.223. The Morgan fingerprint density at radius 1 is 1.04 bits per heavy atom. The van der Waals surface area contributed by atoms with Gasteiger partial charge in [-0.3, -0.25) is 9.78 Å². The molecule has 0 bridgehead atoms. The van der Waals surface area contributed by atoms with Crippen molar-refractivity contribution < 1.29 is 9.21 Å². The van der Waals surface area contributed by atoms with Crippen LogP contribution in [-0.4, -0.2) is 20.9 Å². The van der Waals surface area contributed by atoms with E-state index >= 15 is 0 Å². The van der Waals surface area contributed by atoms with Crippen molar-refractivity contribution in [1.82, 2.24) is 15.0 Å². The van der Waals surface area contributed by atoms with Crippen LogP contribution in [0.25, 0.3) is 22.7 Å². The summed E-state index contributed by atoms with van der Waals surface area (Å²) < 4.78 is 5.70. The van der Waals surface area contributed by atoms with E-state index in [1.165, 1.54) is 6.20 Å². The van der Waals surface area contributed by atoms with E-state index < -0.39 is 0 Å². The van der Waals surface area contributed by atoms with Gasteiger partial charge in [-0.25, -0.2) is 4.98 Å². The van der Waals surface area contributed by atoms with E-state index in [4.69, 9.17) is 4.42 Å². The van der Waals surface area contributed by atoms with Gasteiger partial charge in [0.1, 0.15) is 0 Å². The number of benzene rings is 1. The van der Waals surface area contributed by atoms with E-state index in [2.05, 4.69) is 20.3 Å². The Balaban J connectivity index is 1.63. The summed E-state index contributed by atoms with van der Waals surface area (Å²) in [5, 5.41) is 2.84. The number of nitrogens with one attached hydrogen (secondary N) is 1. The SMILES string of the molecule is O=C(Nc1cccc(-c2nc3ncccc3o2)c1)c1cccnc1. The summed E-state index contributed by atoms with van der Waals surface area (Å²) in [4.78, 5) is 24.7. The highest BCUT2D eigenvalue weighted by Crippen LogP contribution is 2.25. The predicted octanol–water partition coefficient (Wildman–Crippen LogP) is 3.54.